The summed E-state index contributed by atoms with van der Waals surface area (Å²) in [5, 5.41) is 5.06. The highest BCUT2D eigenvalue weighted by Gasteiger charge is 2.34. The predicted octanol–water partition coefficient (Wildman–Crippen LogP) is 1.45. The van der Waals surface area contributed by atoms with Gasteiger partial charge in [0.1, 0.15) is 5.82 Å². The van der Waals surface area contributed by atoms with Crippen LogP contribution in [0.4, 0.5) is 0 Å². The van der Waals surface area contributed by atoms with Crippen LogP contribution in [-0.4, -0.2) is 42.3 Å². The first-order valence-corrected chi connectivity index (χ1v) is 9.33. The number of nitrogens with zero attached hydrogens (tertiary/aromatic N) is 2. The Morgan fingerprint density at radius 2 is 1.80 bits per heavy atom. The van der Waals surface area contributed by atoms with Gasteiger partial charge in [0, 0.05) is 18.7 Å². The van der Waals surface area contributed by atoms with E-state index in [9.17, 15) is 13.2 Å². The number of nitrogens with one attached hydrogen (secondary N) is 1. The molecule has 7 nitrogen and oxygen atoms in total. The Kier molecular flexibility index (Phi) is 3.59. The maximum absolute atomic E-state index is 12.5. The molecule has 1 aliphatic heterocycles. The quantitative estimate of drug-likeness (QED) is 0.740. The molecule has 0 aliphatic carbocycles. The number of nitrogens with two attached hydrogens (primary N) is 1. The number of sulfonamides is 1. The maximum atomic E-state index is 12.5. The van der Waals surface area contributed by atoms with E-state index in [1.54, 1.807) is 4.90 Å². The maximum Gasteiger partial charge on any atom is 0.253 e. The molecule has 3 aromatic rings. The van der Waals surface area contributed by atoms with Gasteiger partial charge in [-0.3, -0.25) is 4.79 Å². The lowest BCUT2D eigenvalue weighted by Crippen LogP contribution is -2.48. The molecule has 0 saturated carbocycles. The van der Waals surface area contributed by atoms with Crippen molar-refractivity contribution in [2.75, 3.05) is 13.1 Å². The summed E-state index contributed by atoms with van der Waals surface area (Å²) in [6, 6.07) is 13.5. The number of likely N-dealkylation sites (tertiary alicyclic amines) is 1. The lowest BCUT2D eigenvalue weighted by Gasteiger charge is -2.38. The second kappa shape index (κ2) is 5.68. The molecule has 0 bridgehead atoms. The molecule has 0 radical (unpaired) electrons. The second-order valence-electron chi connectivity index (χ2n) is 6.12. The molecule has 2 heterocycles. The van der Waals surface area contributed by atoms with Crippen LogP contribution in [0, 0.1) is 0 Å². The first-order chi connectivity index (χ1) is 11.9. The summed E-state index contributed by atoms with van der Waals surface area (Å²) in [6.45, 7) is 1.16. The molecule has 1 fully saturated rings. The summed E-state index contributed by atoms with van der Waals surface area (Å²) in [5.41, 5.74) is 2.34. The van der Waals surface area contributed by atoms with E-state index >= 15 is 0 Å². The lowest BCUT2D eigenvalue weighted by molar-refractivity contribution is 0.0595. The average Bonchev–Trinajstić information content (AvgIpc) is 2.96. The highest BCUT2D eigenvalue weighted by molar-refractivity contribution is 7.89. The third-order valence-corrected chi connectivity index (χ3v) is 5.32. The van der Waals surface area contributed by atoms with Gasteiger partial charge in [0.25, 0.3) is 5.91 Å². The van der Waals surface area contributed by atoms with Crippen LogP contribution >= 0.6 is 0 Å². The fourth-order valence-corrected chi connectivity index (χ4v) is 3.47. The van der Waals surface area contributed by atoms with E-state index in [4.69, 9.17) is 5.14 Å². The Morgan fingerprint density at radius 3 is 2.44 bits per heavy atom. The van der Waals surface area contributed by atoms with E-state index in [0.717, 1.165) is 16.9 Å². The summed E-state index contributed by atoms with van der Waals surface area (Å²) in [7, 11) is -3.75. The van der Waals surface area contributed by atoms with E-state index in [1.807, 2.05) is 24.3 Å². The number of aromatic nitrogens is 2. The van der Waals surface area contributed by atoms with Gasteiger partial charge in [-0.05, 0) is 36.4 Å². The minimum absolute atomic E-state index is 0.00666. The lowest BCUT2D eigenvalue weighted by atomic mass is 9.98. The molecular formula is C17H16N4O3S. The number of H-pyrrole nitrogens is 1. The molecule has 4 rings (SSSR count). The smallest absolute Gasteiger partial charge is 0.253 e. The normalized spacial score (nSPS) is 15.3. The van der Waals surface area contributed by atoms with Crippen molar-refractivity contribution in [2.24, 2.45) is 5.14 Å². The molecule has 0 unspecified atom stereocenters. The Balaban J connectivity index is 1.45. The second-order valence-corrected chi connectivity index (χ2v) is 7.68. The first-order valence-electron chi connectivity index (χ1n) is 7.78. The van der Waals surface area contributed by atoms with Crippen molar-refractivity contribution in [1.82, 2.24) is 14.9 Å². The van der Waals surface area contributed by atoms with Gasteiger partial charge in [0.2, 0.25) is 10.0 Å². The number of para-hydroxylation sites is 2. The SMILES string of the molecule is NS(=O)(=O)c1ccc(C(=O)N2CC(c3nc4ccccc4[nH]3)C2)cc1. The summed E-state index contributed by atoms with van der Waals surface area (Å²) >= 11 is 0. The van der Waals surface area contributed by atoms with Gasteiger partial charge in [0.05, 0.1) is 21.8 Å². The molecule has 128 valence electrons. The Hall–Kier alpha value is -2.71. The molecule has 0 spiro atoms. The first kappa shape index (κ1) is 15.8. The zero-order valence-electron chi connectivity index (χ0n) is 13.2. The molecule has 0 atom stereocenters. The predicted molar refractivity (Wildman–Crippen MR) is 92.6 cm³/mol. The van der Waals surface area contributed by atoms with Crippen LogP contribution < -0.4 is 5.14 Å². The molecular weight excluding hydrogens is 340 g/mol. The van der Waals surface area contributed by atoms with E-state index in [1.165, 1.54) is 24.3 Å². The molecule has 1 amide bonds. The fraction of sp³-hybridized carbons (Fsp3) is 0.176. The molecule has 3 N–H and O–H groups in total. The minimum atomic E-state index is -3.75. The number of imidazole rings is 1. The van der Waals surface area contributed by atoms with Gasteiger partial charge in [-0.15, -0.1) is 0 Å². The van der Waals surface area contributed by atoms with E-state index < -0.39 is 10.0 Å². The van der Waals surface area contributed by atoms with Crippen LogP contribution in [0.5, 0.6) is 0 Å². The zero-order valence-corrected chi connectivity index (χ0v) is 14.0. The number of hydrogen-bond donors (Lipinski definition) is 2. The fourth-order valence-electron chi connectivity index (χ4n) is 2.95. The van der Waals surface area contributed by atoms with Crippen molar-refractivity contribution >= 4 is 27.0 Å². The Bertz CT molecular complexity index is 1020. The largest absolute Gasteiger partial charge is 0.342 e. The van der Waals surface area contributed by atoms with Crippen LogP contribution in [0.3, 0.4) is 0 Å². The molecule has 1 aromatic heterocycles. The minimum Gasteiger partial charge on any atom is -0.342 e. The number of benzene rings is 2. The van der Waals surface area contributed by atoms with Gasteiger partial charge in [-0.25, -0.2) is 18.5 Å². The average molecular weight is 356 g/mol. The molecule has 1 saturated heterocycles. The van der Waals surface area contributed by atoms with Crippen LogP contribution in [0.1, 0.15) is 22.1 Å². The molecule has 8 heteroatoms. The van der Waals surface area contributed by atoms with Gasteiger partial charge >= 0.3 is 0 Å². The Labute approximate surface area is 144 Å². The van der Waals surface area contributed by atoms with E-state index in [0.29, 0.717) is 18.7 Å². The summed E-state index contributed by atoms with van der Waals surface area (Å²) in [5.74, 6) is 0.934. The number of fused-ring (bicyclic) bond motifs is 1. The number of carbonyl (C=O) groups excluding carboxylic acids is 1. The van der Waals surface area contributed by atoms with Crippen molar-refractivity contribution in [3.05, 3.63) is 59.9 Å². The van der Waals surface area contributed by atoms with Crippen LogP contribution in [-0.2, 0) is 10.0 Å². The van der Waals surface area contributed by atoms with Crippen molar-refractivity contribution in [3.63, 3.8) is 0 Å². The number of aromatic amines is 1. The number of rotatable bonds is 3. The topological polar surface area (TPSA) is 109 Å². The highest BCUT2D eigenvalue weighted by atomic mass is 32.2. The molecule has 2 aromatic carbocycles. The third kappa shape index (κ3) is 2.90. The summed E-state index contributed by atoms with van der Waals surface area (Å²) in [4.78, 5) is 22.0. The van der Waals surface area contributed by atoms with Crippen LogP contribution in [0.2, 0.25) is 0 Å². The number of hydrogen-bond acceptors (Lipinski definition) is 4. The Morgan fingerprint density at radius 1 is 1.12 bits per heavy atom. The molecule has 1 aliphatic rings. The van der Waals surface area contributed by atoms with Crippen molar-refractivity contribution in [1.29, 1.82) is 0 Å². The van der Waals surface area contributed by atoms with Crippen molar-refractivity contribution < 1.29 is 13.2 Å². The summed E-state index contributed by atoms with van der Waals surface area (Å²) in [6.07, 6.45) is 0. The summed E-state index contributed by atoms with van der Waals surface area (Å²) < 4.78 is 22.5. The van der Waals surface area contributed by atoms with E-state index in [-0.39, 0.29) is 16.7 Å². The number of primary sulfonamides is 1. The standard InChI is InChI=1S/C17H16N4O3S/c18-25(23,24)13-7-5-11(6-8-13)17(22)21-9-12(10-21)16-19-14-3-1-2-4-15(14)20-16/h1-8,12H,9-10H2,(H,19,20)(H2,18,23,24). The van der Waals surface area contributed by atoms with Gasteiger partial charge in [-0.1, -0.05) is 12.1 Å². The van der Waals surface area contributed by atoms with Crippen molar-refractivity contribution in [2.45, 2.75) is 10.8 Å². The number of amides is 1. The molecule has 25 heavy (non-hydrogen) atoms. The van der Waals surface area contributed by atoms with Gasteiger partial charge < -0.3 is 9.88 Å². The third-order valence-electron chi connectivity index (χ3n) is 4.39. The van der Waals surface area contributed by atoms with Crippen LogP contribution in [0.15, 0.2) is 53.4 Å². The van der Waals surface area contributed by atoms with Gasteiger partial charge in [0.15, 0.2) is 0 Å². The van der Waals surface area contributed by atoms with Crippen molar-refractivity contribution in [3.8, 4) is 0 Å². The van der Waals surface area contributed by atoms with Gasteiger partial charge in [-0.2, -0.15) is 0 Å². The number of carbonyl (C=O) groups is 1. The highest BCUT2D eigenvalue weighted by Crippen LogP contribution is 2.28. The van der Waals surface area contributed by atoms with E-state index in [2.05, 4.69) is 9.97 Å². The zero-order chi connectivity index (χ0) is 17.6. The monoisotopic (exact) mass is 356 g/mol. The van der Waals surface area contributed by atoms with Crippen LogP contribution in [0.25, 0.3) is 11.0 Å².